The lowest BCUT2D eigenvalue weighted by Gasteiger charge is -1.97. The van der Waals surface area contributed by atoms with Crippen molar-refractivity contribution in [1.29, 1.82) is 0 Å². The highest BCUT2D eigenvalue weighted by Gasteiger charge is 1.84. The lowest BCUT2D eigenvalue weighted by molar-refractivity contribution is 1.35. The largest absolute Gasteiger partial charge is 0.404 e. The first kappa shape index (κ1) is 9.67. The van der Waals surface area contributed by atoms with Crippen molar-refractivity contribution in [2.75, 3.05) is 5.43 Å². The fraction of sp³-hybridized carbons (Fsp3) is 0. The first-order valence-electron chi connectivity index (χ1n) is 3.78. The second kappa shape index (κ2) is 5.27. The Kier molecular flexibility index (Phi) is 3.92. The Bertz CT molecular complexity index is 306. The topological polar surface area (TPSA) is 50.4 Å². The van der Waals surface area contributed by atoms with E-state index in [9.17, 15) is 0 Å². The van der Waals surface area contributed by atoms with Crippen molar-refractivity contribution in [3.8, 4) is 0 Å². The molecule has 0 radical (unpaired) electrons. The van der Waals surface area contributed by atoms with Gasteiger partial charge in [-0.1, -0.05) is 18.2 Å². The third-order valence-electron chi connectivity index (χ3n) is 1.34. The number of nitrogens with two attached hydrogens (primary N) is 1. The molecule has 68 valence electrons. The Morgan fingerprint density at radius 3 is 2.69 bits per heavy atom. The number of nitrogens with one attached hydrogen (secondary N) is 1. The molecular weight excluding hydrogens is 182 g/mol. The molecule has 0 saturated heterocycles. The molecule has 0 aliphatic rings. The summed E-state index contributed by atoms with van der Waals surface area (Å²) in [6.45, 7) is 0. The van der Waals surface area contributed by atoms with Crippen molar-refractivity contribution in [2.24, 2.45) is 10.8 Å². The third-order valence-corrected chi connectivity index (χ3v) is 1.60. The SMILES string of the molecule is NC=C(S)C=NNc1ccccc1. The van der Waals surface area contributed by atoms with E-state index in [0.717, 1.165) is 5.69 Å². The smallest absolute Gasteiger partial charge is 0.0620 e. The van der Waals surface area contributed by atoms with Crippen LogP contribution in [-0.4, -0.2) is 6.21 Å². The molecule has 0 bridgehead atoms. The number of allylic oxidation sites excluding steroid dienone is 1. The number of rotatable bonds is 3. The molecule has 1 rings (SSSR count). The van der Waals surface area contributed by atoms with Crippen LogP contribution < -0.4 is 11.2 Å². The summed E-state index contributed by atoms with van der Waals surface area (Å²) >= 11 is 4.02. The number of nitrogens with zero attached hydrogens (tertiary/aromatic N) is 1. The fourth-order valence-corrected chi connectivity index (χ4v) is 0.786. The van der Waals surface area contributed by atoms with Gasteiger partial charge in [0.05, 0.1) is 11.9 Å². The number of hydrogen-bond acceptors (Lipinski definition) is 4. The predicted molar refractivity (Wildman–Crippen MR) is 59.8 cm³/mol. The summed E-state index contributed by atoms with van der Waals surface area (Å²) in [4.78, 5) is 0.614. The average molecular weight is 193 g/mol. The number of benzene rings is 1. The Hall–Kier alpha value is -1.42. The fourth-order valence-electron chi connectivity index (χ4n) is 0.729. The molecule has 0 amide bonds. The number of anilines is 1. The molecule has 0 spiro atoms. The van der Waals surface area contributed by atoms with Crippen LogP contribution in [0.1, 0.15) is 0 Å². The number of hydrogen-bond donors (Lipinski definition) is 3. The molecule has 0 fully saturated rings. The second-order valence-corrected chi connectivity index (χ2v) is 2.84. The molecule has 0 atom stereocenters. The van der Waals surface area contributed by atoms with Gasteiger partial charge < -0.3 is 5.73 Å². The highest BCUT2D eigenvalue weighted by Crippen LogP contribution is 2.04. The van der Waals surface area contributed by atoms with Crippen molar-refractivity contribution in [3.05, 3.63) is 41.4 Å². The molecule has 0 unspecified atom stereocenters. The number of para-hydroxylation sites is 1. The average Bonchev–Trinajstić information content (AvgIpc) is 2.19. The van der Waals surface area contributed by atoms with Crippen molar-refractivity contribution >= 4 is 24.5 Å². The van der Waals surface area contributed by atoms with Gasteiger partial charge in [-0.25, -0.2) is 0 Å². The van der Waals surface area contributed by atoms with Gasteiger partial charge in [0.1, 0.15) is 0 Å². The number of thiol groups is 1. The highest BCUT2D eigenvalue weighted by molar-refractivity contribution is 7.85. The normalized spacial score (nSPS) is 11.9. The zero-order valence-corrected chi connectivity index (χ0v) is 7.91. The maximum atomic E-state index is 5.19. The van der Waals surface area contributed by atoms with Crippen molar-refractivity contribution in [1.82, 2.24) is 0 Å². The first-order valence-corrected chi connectivity index (χ1v) is 4.22. The lowest BCUT2D eigenvalue weighted by atomic mass is 10.3. The van der Waals surface area contributed by atoms with Crippen molar-refractivity contribution in [2.45, 2.75) is 0 Å². The van der Waals surface area contributed by atoms with Gasteiger partial charge in [-0.3, -0.25) is 5.43 Å². The summed E-state index contributed by atoms with van der Waals surface area (Å²) in [5.41, 5.74) is 8.96. The van der Waals surface area contributed by atoms with E-state index in [1.54, 1.807) is 0 Å². The van der Waals surface area contributed by atoms with E-state index in [-0.39, 0.29) is 0 Å². The van der Waals surface area contributed by atoms with Crippen LogP contribution in [0.15, 0.2) is 46.5 Å². The van der Waals surface area contributed by atoms with Gasteiger partial charge in [0, 0.05) is 11.1 Å². The molecule has 13 heavy (non-hydrogen) atoms. The zero-order chi connectivity index (χ0) is 9.52. The van der Waals surface area contributed by atoms with Crippen LogP contribution in [0.2, 0.25) is 0 Å². The van der Waals surface area contributed by atoms with Gasteiger partial charge in [0.2, 0.25) is 0 Å². The molecule has 0 aliphatic heterocycles. The summed E-state index contributed by atoms with van der Waals surface area (Å²) < 4.78 is 0. The molecule has 3 N–H and O–H groups in total. The minimum absolute atomic E-state index is 0.614. The summed E-state index contributed by atoms with van der Waals surface area (Å²) in [6.07, 6.45) is 2.91. The Morgan fingerprint density at radius 2 is 2.08 bits per heavy atom. The third kappa shape index (κ3) is 3.66. The van der Waals surface area contributed by atoms with E-state index < -0.39 is 0 Å². The Labute approximate surface area is 82.7 Å². The quantitative estimate of drug-likeness (QED) is 0.389. The van der Waals surface area contributed by atoms with Crippen LogP contribution in [0.25, 0.3) is 0 Å². The van der Waals surface area contributed by atoms with Gasteiger partial charge in [0.25, 0.3) is 0 Å². The van der Waals surface area contributed by atoms with Crippen LogP contribution >= 0.6 is 12.6 Å². The van der Waals surface area contributed by atoms with Crippen LogP contribution in [-0.2, 0) is 0 Å². The standard InChI is InChI=1S/C9H11N3S/c10-6-9(13)7-11-12-8-4-2-1-3-5-8/h1-7,12-13H,10H2. The molecule has 0 heterocycles. The summed E-state index contributed by atoms with van der Waals surface area (Å²) in [6, 6.07) is 9.64. The first-order chi connectivity index (χ1) is 6.33. The van der Waals surface area contributed by atoms with Crippen LogP contribution in [0.3, 0.4) is 0 Å². The van der Waals surface area contributed by atoms with E-state index in [1.807, 2.05) is 30.3 Å². The molecule has 0 aromatic heterocycles. The molecule has 1 aromatic carbocycles. The van der Waals surface area contributed by atoms with Gasteiger partial charge in [-0.2, -0.15) is 5.10 Å². The molecule has 1 aromatic rings. The summed E-state index contributed by atoms with van der Waals surface area (Å²) in [5.74, 6) is 0. The summed E-state index contributed by atoms with van der Waals surface area (Å²) in [7, 11) is 0. The van der Waals surface area contributed by atoms with E-state index >= 15 is 0 Å². The Balaban J connectivity index is 2.48. The molecular formula is C9H11N3S. The lowest BCUT2D eigenvalue weighted by Crippen LogP contribution is -1.90. The number of hydrazone groups is 1. The van der Waals surface area contributed by atoms with E-state index in [0.29, 0.717) is 4.91 Å². The minimum Gasteiger partial charge on any atom is -0.404 e. The van der Waals surface area contributed by atoms with Gasteiger partial charge in [0.15, 0.2) is 0 Å². The van der Waals surface area contributed by atoms with Crippen LogP contribution in [0.5, 0.6) is 0 Å². The van der Waals surface area contributed by atoms with Crippen molar-refractivity contribution < 1.29 is 0 Å². The molecule has 0 aliphatic carbocycles. The maximum Gasteiger partial charge on any atom is 0.0620 e. The zero-order valence-electron chi connectivity index (χ0n) is 7.01. The highest BCUT2D eigenvalue weighted by atomic mass is 32.1. The van der Waals surface area contributed by atoms with Gasteiger partial charge >= 0.3 is 0 Å². The van der Waals surface area contributed by atoms with Crippen LogP contribution in [0.4, 0.5) is 5.69 Å². The monoisotopic (exact) mass is 193 g/mol. The van der Waals surface area contributed by atoms with E-state index in [4.69, 9.17) is 5.73 Å². The Morgan fingerprint density at radius 1 is 1.38 bits per heavy atom. The molecule has 3 nitrogen and oxygen atoms in total. The van der Waals surface area contributed by atoms with Gasteiger partial charge in [-0.05, 0) is 12.1 Å². The molecule has 4 heteroatoms. The predicted octanol–water partition coefficient (Wildman–Crippen LogP) is 1.81. The van der Waals surface area contributed by atoms with Crippen LogP contribution in [0, 0.1) is 0 Å². The maximum absolute atomic E-state index is 5.19. The minimum atomic E-state index is 0.614. The molecule has 0 saturated carbocycles. The van der Waals surface area contributed by atoms with Crippen molar-refractivity contribution in [3.63, 3.8) is 0 Å². The van der Waals surface area contributed by atoms with E-state index in [1.165, 1.54) is 12.4 Å². The van der Waals surface area contributed by atoms with E-state index in [2.05, 4.69) is 23.2 Å². The summed E-state index contributed by atoms with van der Waals surface area (Å²) in [5, 5.41) is 3.91. The van der Waals surface area contributed by atoms with Gasteiger partial charge in [-0.15, -0.1) is 12.6 Å². The second-order valence-electron chi connectivity index (χ2n) is 2.33.